The summed E-state index contributed by atoms with van der Waals surface area (Å²) in [7, 11) is 0. The summed E-state index contributed by atoms with van der Waals surface area (Å²) in [5.41, 5.74) is -12.1. The number of halogens is 20. The number of pyridine rings is 1. The summed E-state index contributed by atoms with van der Waals surface area (Å²) < 4.78 is 296. The van der Waals surface area contributed by atoms with Crippen LogP contribution in [0.25, 0.3) is 0 Å². The van der Waals surface area contributed by atoms with Gasteiger partial charge >= 0.3 is 0 Å². The maximum atomic E-state index is 15.4. The lowest BCUT2D eigenvalue weighted by Gasteiger charge is -2.44. The SMILES string of the molecule is Fc1c(F)c(F)c([B-](c2c(F)c(F)c(F)c(F)c2F)(c2c(F)c(F)c(F)c(F)c2F)c2c(F)c(F)c(F)c(F)c2F)c(F)c1F.OCc1cc[n+](Cc2ccccc2)cc1. The zero-order valence-corrected chi connectivity index (χ0v) is 28.6. The summed E-state index contributed by atoms with van der Waals surface area (Å²) in [6.07, 6.45) is -3.25. The van der Waals surface area contributed by atoms with Crippen LogP contribution in [0.5, 0.6) is 0 Å². The van der Waals surface area contributed by atoms with Crippen molar-refractivity contribution >= 4 is 28.0 Å². The Bertz CT molecular complexity index is 2280. The molecule has 5 aromatic carbocycles. The highest BCUT2D eigenvalue weighted by Crippen LogP contribution is 2.30. The van der Waals surface area contributed by atoms with Crippen molar-refractivity contribution in [1.82, 2.24) is 0 Å². The number of aliphatic hydroxyl groups excluding tert-OH is 1. The van der Waals surface area contributed by atoms with Crippen molar-refractivity contribution in [2.24, 2.45) is 0 Å². The van der Waals surface area contributed by atoms with Crippen LogP contribution in [0.2, 0.25) is 0 Å². The van der Waals surface area contributed by atoms with Crippen molar-refractivity contribution in [3.8, 4) is 0 Å². The van der Waals surface area contributed by atoms with E-state index in [0.717, 1.165) is 12.1 Å². The van der Waals surface area contributed by atoms with Crippen LogP contribution in [0.15, 0.2) is 54.9 Å². The van der Waals surface area contributed by atoms with Gasteiger partial charge in [0.05, 0.1) is 6.61 Å². The van der Waals surface area contributed by atoms with Crippen molar-refractivity contribution in [1.29, 1.82) is 0 Å². The molecule has 0 unspecified atom stereocenters. The van der Waals surface area contributed by atoms with E-state index >= 15 is 35.1 Å². The van der Waals surface area contributed by atoms with Crippen molar-refractivity contribution in [2.45, 2.75) is 13.2 Å². The van der Waals surface area contributed by atoms with Gasteiger partial charge in [0, 0.05) is 17.7 Å². The van der Waals surface area contributed by atoms with Gasteiger partial charge in [-0.2, -0.15) is 0 Å². The molecule has 0 saturated heterocycles. The largest absolute Gasteiger partial charge is 0.392 e. The van der Waals surface area contributed by atoms with Gasteiger partial charge in [0.1, 0.15) is 52.7 Å². The van der Waals surface area contributed by atoms with E-state index in [4.69, 9.17) is 5.11 Å². The van der Waals surface area contributed by atoms with Crippen LogP contribution in [0.3, 0.4) is 0 Å². The molecule has 2 nitrogen and oxygen atoms in total. The number of nitrogens with zero attached hydrogens (tertiary/aromatic N) is 1. The average molecular weight is 879 g/mol. The maximum Gasteiger partial charge on any atom is 0.200 e. The smallest absolute Gasteiger partial charge is 0.200 e. The molecule has 0 aliphatic carbocycles. The minimum absolute atomic E-state index is 0.103. The molecule has 0 fully saturated rings. The van der Waals surface area contributed by atoms with Gasteiger partial charge < -0.3 is 5.11 Å². The Morgan fingerprint density at radius 3 is 0.783 bits per heavy atom. The number of benzene rings is 5. The third-order valence-corrected chi connectivity index (χ3v) is 9.06. The van der Waals surface area contributed by atoms with Crippen LogP contribution < -0.4 is 26.4 Å². The first-order valence-electron chi connectivity index (χ1n) is 15.9. The van der Waals surface area contributed by atoms with Gasteiger partial charge in [0.2, 0.25) is 0 Å². The van der Waals surface area contributed by atoms with Crippen LogP contribution in [0.4, 0.5) is 87.8 Å². The molecule has 316 valence electrons. The molecule has 60 heavy (non-hydrogen) atoms. The standard InChI is InChI=1S/C24BF20.C13H14NO/c26-5-1(6(27)14(35)21(42)13(5)34)25(2-7(28)15(36)22(43)16(37)8(2)29,3-9(30)17(38)23(44)18(39)10(3)31)4-11(32)19(40)24(45)20(41)12(4)33;15-11-13-6-8-14(9-7-13)10-12-4-2-1-3-5-12/h;1-9,15H,10-11H2/q-1;+1. The van der Waals surface area contributed by atoms with Crippen LogP contribution in [-0.2, 0) is 13.2 Å². The van der Waals surface area contributed by atoms with E-state index in [-0.39, 0.29) is 6.61 Å². The Labute approximate surface area is 321 Å². The van der Waals surface area contributed by atoms with E-state index < -0.39 is 144 Å². The first-order valence-corrected chi connectivity index (χ1v) is 15.9. The molecule has 0 spiro atoms. The van der Waals surface area contributed by atoms with Gasteiger partial charge in [-0.3, -0.25) is 0 Å². The van der Waals surface area contributed by atoms with E-state index in [0.29, 0.717) is 0 Å². The summed E-state index contributed by atoms with van der Waals surface area (Å²) in [6.45, 7) is 0.971. The number of hydrogen-bond acceptors (Lipinski definition) is 1. The second kappa shape index (κ2) is 16.9. The van der Waals surface area contributed by atoms with Crippen molar-refractivity contribution in [2.75, 3.05) is 0 Å². The molecular formula is C37H14BF20NO. The quantitative estimate of drug-likeness (QED) is 0.0586. The molecule has 1 N–H and O–H groups in total. The molecule has 1 heterocycles. The molecule has 1 aromatic heterocycles. The Morgan fingerprint density at radius 2 is 0.550 bits per heavy atom. The normalized spacial score (nSPS) is 11.6. The first-order chi connectivity index (χ1) is 28.1. The zero-order chi connectivity index (χ0) is 44.9. The molecule has 0 radical (unpaired) electrons. The minimum Gasteiger partial charge on any atom is -0.392 e. The highest BCUT2D eigenvalue weighted by Gasteiger charge is 2.52. The molecule has 0 aliphatic rings. The summed E-state index contributed by atoms with van der Waals surface area (Å²) in [5, 5.41) is 8.91. The Morgan fingerprint density at radius 1 is 0.317 bits per heavy atom. The van der Waals surface area contributed by atoms with E-state index in [1.54, 1.807) is 0 Å². The topological polar surface area (TPSA) is 24.1 Å². The number of aliphatic hydroxyl groups is 1. The minimum atomic E-state index is -7.22. The molecule has 6 rings (SSSR count). The first kappa shape index (κ1) is 45.0. The summed E-state index contributed by atoms with van der Waals surface area (Å²) >= 11 is 0. The second-order valence-corrected chi connectivity index (χ2v) is 12.3. The fraction of sp³-hybridized carbons (Fsp3) is 0.0541. The van der Waals surface area contributed by atoms with Crippen molar-refractivity contribution < 1.29 is 97.5 Å². The summed E-state index contributed by atoms with van der Waals surface area (Å²) in [5.74, 6) is -71.4. The van der Waals surface area contributed by atoms with Gasteiger partial charge in [-0.25, -0.2) is 92.4 Å². The van der Waals surface area contributed by atoms with Gasteiger partial charge in [-0.1, -0.05) is 30.3 Å². The van der Waals surface area contributed by atoms with Crippen molar-refractivity contribution in [3.05, 3.63) is 182 Å². The van der Waals surface area contributed by atoms with E-state index in [1.807, 2.05) is 42.7 Å². The van der Waals surface area contributed by atoms with Gasteiger partial charge in [-0.05, 0) is 5.56 Å². The number of aromatic nitrogens is 1. The molecule has 0 bridgehead atoms. The van der Waals surface area contributed by atoms with Gasteiger partial charge in [0.15, 0.2) is 88.7 Å². The monoisotopic (exact) mass is 879 g/mol. The van der Waals surface area contributed by atoms with Crippen molar-refractivity contribution in [3.63, 3.8) is 0 Å². The third-order valence-electron chi connectivity index (χ3n) is 9.06. The highest BCUT2D eigenvalue weighted by atomic mass is 19.2. The van der Waals surface area contributed by atoms with E-state index in [2.05, 4.69) is 16.7 Å². The number of rotatable bonds is 7. The third kappa shape index (κ3) is 7.06. The lowest BCUT2D eigenvalue weighted by molar-refractivity contribution is -0.688. The maximum absolute atomic E-state index is 15.4. The molecular weight excluding hydrogens is 865 g/mol. The molecule has 0 amide bonds. The predicted octanol–water partition coefficient (Wildman–Crippen LogP) is 7.36. The predicted molar refractivity (Wildman–Crippen MR) is 167 cm³/mol. The molecule has 0 atom stereocenters. The Kier molecular flexibility index (Phi) is 12.6. The van der Waals surface area contributed by atoms with Crippen LogP contribution in [0, 0.1) is 116 Å². The molecule has 0 saturated carbocycles. The number of hydrogen-bond donors (Lipinski definition) is 1. The fourth-order valence-electron chi connectivity index (χ4n) is 6.37. The molecule has 23 heteroatoms. The molecule has 0 aliphatic heterocycles. The fourth-order valence-corrected chi connectivity index (χ4v) is 6.37. The summed E-state index contributed by atoms with van der Waals surface area (Å²) in [4.78, 5) is 0. The Balaban J connectivity index is 0.000000379. The van der Waals surface area contributed by atoms with E-state index in [9.17, 15) is 52.7 Å². The highest BCUT2D eigenvalue weighted by molar-refractivity contribution is 7.20. The van der Waals surface area contributed by atoms with Crippen LogP contribution in [-0.4, -0.2) is 11.3 Å². The van der Waals surface area contributed by atoms with Gasteiger partial charge in [0.25, 0.3) is 0 Å². The summed E-state index contributed by atoms with van der Waals surface area (Å²) in [6, 6.07) is 14.2. The average Bonchev–Trinajstić information content (AvgIpc) is 3.24. The molecule has 6 aromatic rings. The van der Waals surface area contributed by atoms with Gasteiger partial charge in [-0.15, -0.1) is 21.9 Å². The second-order valence-electron chi connectivity index (χ2n) is 12.3. The van der Waals surface area contributed by atoms with Crippen LogP contribution in [0.1, 0.15) is 11.1 Å². The zero-order valence-electron chi connectivity index (χ0n) is 28.6. The Hall–Kier alpha value is -6.13. The van der Waals surface area contributed by atoms with E-state index in [1.165, 1.54) is 5.56 Å². The lowest BCUT2D eigenvalue weighted by atomic mass is 9.12. The lowest BCUT2D eigenvalue weighted by Crippen LogP contribution is -2.81. The van der Waals surface area contributed by atoms with Crippen LogP contribution >= 0.6 is 0 Å².